The highest BCUT2D eigenvalue weighted by molar-refractivity contribution is 7.92. The van der Waals surface area contributed by atoms with Gasteiger partial charge in [-0.15, -0.1) is 0 Å². The van der Waals surface area contributed by atoms with Gasteiger partial charge in [-0.25, -0.2) is 8.42 Å². The second-order valence-corrected chi connectivity index (χ2v) is 11.8. The number of sulfonamides is 1. The van der Waals surface area contributed by atoms with Crippen molar-refractivity contribution in [3.05, 3.63) is 58.1 Å². The van der Waals surface area contributed by atoms with Gasteiger partial charge in [-0.2, -0.15) is 0 Å². The Bertz CT molecular complexity index is 1150. The first-order chi connectivity index (χ1) is 14.7. The van der Waals surface area contributed by atoms with Gasteiger partial charge in [0.25, 0.3) is 5.91 Å². The molecule has 0 aromatic heterocycles. The summed E-state index contributed by atoms with van der Waals surface area (Å²) in [7, 11) is -3.59. The Kier molecular flexibility index (Phi) is 6.35. The Hall–Kier alpha value is -2.54. The van der Waals surface area contributed by atoms with Crippen molar-refractivity contribution in [3.8, 4) is 5.75 Å². The molecule has 0 spiro atoms. The van der Waals surface area contributed by atoms with Crippen LogP contribution in [0.5, 0.6) is 5.75 Å². The predicted octanol–water partition coefficient (Wildman–Crippen LogP) is 4.31. The number of carbonyl (C=O) groups excluding carboxylic acids is 1. The third-order valence-corrected chi connectivity index (χ3v) is 7.24. The number of anilines is 1. The lowest BCUT2D eigenvalue weighted by atomic mass is 9.86. The Balaban J connectivity index is 1.88. The van der Waals surface area contributed by atoms with Crippen LogP contribution in [0.1, 0.15) is 61.6 Å². The maximum Gasteiger partial charge on any atom is 0.263 e. The largest absolute Gasteiger partial charge is 0.476 e. The average Bonchev–Trinajstić information content (AvgIpc) is 2.67. The predicted molar refractivity (Wildman–Crippen MR) is 129 cm³/mol. The highest BCUT2D eigenvalue weighted by Gasteiger charge is 2.36. The first-order valence-corrected chi connectivity index (χ1v) is 12.7. The molecule has 6 nitrogen and oxygen atoms in total. The minimum atomic E-state index is -3.59. The van der Waals surface area contributed by atoms with Crippen molar-refractivity contribution in [1.29, 1.82) is 0 Å². The standard InChI is InChI=1S/C25H34N2O4S/c1-15-11-17(3)20(12-16(15)2)18(4)26-24(28)23-14-27(32(8,29)30)21-13-19(25(5,6)7)9-10-22(21)31-23/h9-13,18,23H,14H2,1-8H3,(H,26,28)/t18-,23-/m0/s1. The number of hydrogen-bond donors (Lipinski definition) is 1. The number of amides is 1. The van der Waals surface area contributed by atoms with Gasteiger partial charge in [-0.05, 0) is 73.1 Å². The molecule has 0 unspecified atom stereocenters. The SMILES string of the molecule is Cc1cc(C)c([C@H](C)NC(=O)[C@@H]2CN(S(C)(=O)=O)c3cc(C(C)(C)C)ccc3O2)cc1C. The molecule has 2 aromatic rings. The zero-order valence-corrected chi connectivity index (χ0v) is 21.1. The van der Waals surface area contributed by atoms with Gasteiger partial charge in [0.05, 0.1) is 24.5 Å². The van der Waals surface area contributed by atoms with Gasteiger partial charge in [0.2, 0.25) is 10.0 Å². The molecule has 2 atom stereocenters. The van der Waals surface area contributed by atoms with Crippen molar-refractivity contribution < 1.29 is 17.9 Å². The number of fused-ring (bicyclic) bond motifs is 1. The second kappa shape index (κ2) is 8.43. The number of hydrogen-bond acceptors (Lipinski definition) is 4. The molecule has 1 heterocycles. The molecule has 1 aliphatic rings. The maximum atomic E-state index is 13.1. The molecule has 0 aliphatic carbocycles. The topological polar surface area (TPSA) is 75.7 Å². The van der Waals surface area contributed by atoms with Crippen molar-refractivity contribution in [1.82, 2.24) is 5.32 Å². The van der Waals surface area contributed by atoms with Crippen LogP contribution in [0.25, 0.3) is 0 Å². The fraction of sp³-hybridized carbons (Fsp3) is 0.480. The van der Waals surface area contributed by atoms with E-state index in [0.717, 1.165) is 28.5 Å². The summed E-state index contributed by atoms with van der Waals surface area (Å²) in [5.41, 5.74) is 5.82. The van der Waals surface area contributed by atoms with E-state index in [-0.39, 0.29) is 23.9 Å². The monoisotopic (exact) mass is 458 g/mol. The maximum absolute atomic E-state index is 13.1. The summed E-state index contributed by atoms with van der Waals surface area (Å²) in [5.74, 6) is 0.0548. The van der Waals surface area contributed by atoms with Crippen LogP contribution in [-0.4, -0.2) is 33.2 Å². The first-order valence-electron chi connectivity index (χ1n) is 10.9. The minimum Gasteiger partial charge on any atom is -0.476 e. The van der Waals surface area contributed by atoms with Gasteiger partial charge in [0.1, 0.15) is 5.75 Å². The second-order valence-electron chi connectivity index (χ2n) is 9.86. The molecule has 2 aromatic carbocycles. The van der Waals surface area contributed by atoms with Gasteiger partial charge < -0.3 is 10.1 Å². The zero-order chi connectivity index (χ0) is 24.0. The third-order valence-electron chi connectivity index (χ3n) is 6.09. The van der Waals surface area contributed by atoms with Crippen molar-refractivity contribution in [3.63, 3.8) is 0 Å². The van der Waals surface area contributed by atoms with E-state index in [9.17, 15) is 13.2 Å². The van der Waals surface area contributed by atoms with Gasteiger partial charge in [-0.1, -0.05) is 39.0 Å². The van der Waals surface area contributed by atoms with E-state index in [1.807, 2.05) is 32.9 Å². The van der Waals surface area contributed by atoms with Gasteiger partial charge in [-0.3, -0.25) is 9.10 Å². The van der Waals surface area contributed by atoms with E-state index in [1.165, 1.54) is 9.87 Å². The van der Waals surface area contributed by atoms with E-state index in [0.29, 0.717) is 11.4 Å². The molecule has 0 saturated heterocycles. The van der Waals surface area contributed by atoms with Crippen LogP contribution >= 0.6 is 0 Å². The first kappa shape index (κ1) is 24.1. The number of carbonyl (C=O) groups is 1. The number of rotatable bonds is 4. The number of nitrogens with one attached hydrogen (secondary N) is 1. The van der Waals surface area contributed by atoms with E-state index in [4.69, 9.17) is 4.74 Å². The summed E-state index contributed by atoms with van der Waals surface area (Å²) in [4.78, 5) is 13.1. The molecule has 1 N–H and O–H groups in total. The minimum absolute atomic E-state index is 0.0656. The number of ether oxygens (including phenoxy) is 1. The molecule has 3 rings (SSSR count). The number of aryl methyl sites for hydroxylation is 3. The Morgan fingerprint density at radius 3 is 2.31 bits per heavy atom. The summed E-state index contributed by atoms with van der Waals surface area (Å²) in [5, 5.41) is 3.01. The summed E-state index contributed by atoms with van der Waals surface area (Å²) in [6, 6.07) is 9.47. The molecule has 7 heteroatoms. The summed E-state index contributed by atoms with van der Waals surface area (Å²) < 4.78 is 32.4. The summed E-state index contributed by atoms with van der Waals surface area (Å²) in [6.45, 7) is 14.2. The van der Waals surface area contributed by atoms with Crippen LogP contribution < -0.4 is 14.4 Å². The molecule has 0 saturated carbocycles. The van der Waals surface area contributed by atoms with Crippen LogP contribution in [0.2, 0.25) is 0 Å². The van der Waals surface area contributed by atoms with E-state index < -0.39 is 16.1 Å². The van der Waals surface area contributed by atoms with Crippen molar-refractivity contribution in [2.24, 2.45) is 0 Å². The van der Waals surface area contributed by atoms with Crippen molar-refractivity contribution in [2.75, 3.05) is 17.1 Å². The van der Waals surface area contributed by atoms with Crippen molar-refractivity contribution in [2.45, 2.75) is 66.0 Å². The fourth-order valence-electron chi connectivity index (χ4n) is 4.00. The van der Waals surface area contributed by atoms with Crippen LogP contribution in [0.3, 0.4) is 0 Å². The van der Waals surface area contributed by atoms with Crippen molar-refractivity contribution >= 4 is 21.6 Å². The average molecular weight is 459 g/mol. The molecule has 0 bridgehead atoms. The molecular formula is C25H34N2O4S. The normalized spacial score (nSPS) is 17.4. The fourth-order valence-corrected chi connectivity index (χ4v) is 4.91. The molecular weight excluding hydrogens is 424 g/mol. The Labute approximate surface area is 192 Å². The molecule has 32 heavy (non-hydrogen) atoms. The Morgan fingerprint density at radius 1 is 1.09 bits per heavy atom. The molecule has 1 aliphatic heterocycles. The van der Waals surface area contributed by atoms with Crippen LogP contribution in [0, 0.1) is 20.8 Å². The summed E-state index contributed by atoms with van der Waals surface area (Å²) >= 11 is 0. The van der Waals surface area contributed by atoms with Crippen LogP contribution in [0.15, 0.2) is 30.3 Å². The number of benzene rings is 2. The van der Waals surface area contributed by atoms with Crippen LogP contribution in [-0.2, 0) is 20.2 Å². The smallest absolute Gasteiger partial charge is 0.263 e. The van der Waals surface area contributed by atoms with E-state index >= 15 is 0 Å². The zero-order valence-electron chi connectivity index (χ0n) is 20.2. The molecule has 1 amide bonds. The highest BCUT2D eigenvalue weighted by atomic mass is 32.2. The molecule has 0 fully saturated rings. The molecule has 0 radical (unpaired) electrons. The van der Waals surface area contributed by atoms with Gasteiger partial charge in [0, 0.05) is 0 Å². The lowest BCUT2D eigenvalue weighted by Gasteiger charge is -2.35. The Morgan fingerprint density at radius 2 is 1.72 bits per heavy atom. The highest BCUT2D eigenvalue weighted by Crippen LogP contribution is 2.38. The van der Waals surface area contributed by atoms with E-state index in [2.05, 4.69) is 45.1 Å². The third kappa shape index (κ3) is 4.93. The number of nitrogens with zero attached hydrogens (tertiary/aromatic N) is 1. The van der Waals surface area contributed by atoms with E-state index in [1.54, 1.807) is 6.07 Å². The van der Waals surface area contributed by atoms with Crippen LogP contribution in [0.4, 0.5) is 5.69 Å². The molecule has 174 valence electrons. The summed E-state index contributed by atoms with van der Waals surface area (Å²) in [6.07, 6.45) is 0.217. The lowest BCUT2D eigenvalue weighted by molar-refractivity contribution is -0.128. The lowest BCUT2D eigenvalue weighted by Crippen LogP contribution is -2.51. The quantitative estimate of drug-likeness (QED) is 0.741. The van der Waals surface area contributed by atoms with Gasteiger partial charge >= 0.3 is 0 Å². The van der Waals surface area contributed by atoms with Gasteiger partial charge in [0.15, 0.2) is 6.10 Å².